The Morgan fingerprint density at radius 2 is 1.29 bits per heavy atom. The van der Waals surface area contributed by atoms with Crippen LogP contribution in [0.4, 0.5) is 0 Å². The minimum Gasteiger partial charge on any atom is -0.287 e. The number of fused-ring (bicyclic) bond motifs is 1. The van der Waals surface area contributed by atoms with Crippen LogP contribution in [0.3, 0.4) is 0 Å². The van der Waals surface area contributed by atoms with Crippen LogP contribution < -0.4 is 11.2 Å². The van der Waals surface area contributed by atoms with Crippen molar-refractivity contribution >= 4 is 11.0 Å². The fourth-order valence-electron chi connectivity index (χ4n) is 3.29. The van der Waals surface area contributed by atoms with E-state index in [2.05, 4.69) is 4.98 Å². The molecule has 0 radical (unpaired) electrons. The number of pyridine rings is 1. The van der Waals surface area contributed by atoms with Gasteiger partial charge in [0.2, 0.25) is 0 Å². The second kappa shape index (κ2) is 7.27. The molecule has 0 atom stereocenters. The van der Waals surface area contributed by atoms with Gasteiger partial charge < -0.3 is 0 Å². The first-order valence-electron chi connectivity index (χ1n) is 9.22. The van der Waals surface area contributed by atoms with Crippen LogP contribution in [0.25, 0.3) is 11.0 Å². The highest BCUT2D eigenvalue weighted by Crippen LogP contribution is 2.10. The SMILES string of the molecule is Cc1ccc(Cn2c(=O)c3ncccc3n(Cc3ccc(C)cc3)c2=O)cc1. The van der Waals surface area contributed by atoms with E-state index in [1.54, 1.807) is 22.9 Å². The van der Waals surface area contributed by atoms with Gasteiger partial charge in [-0.2, -0.15) is 0 Å². The molecule has 0 aliphatic rings. The maximum Gasteiger partial charge on any atom is 0.332 e. The quantitative estimate of drug-likeness (QED) is 0.553. The molecule has 0 saturated heterocycles. The molecule has 0 fully saturated rings. The minimum absolute atomic E-state index is 0.221. The number of rotatable bonds is 4. The van der Waals surface area contributed by atoms with Crippen LogP contribution in [-0.4, -0.2) is 14.1 Å². The minimum atomic E-state index is -0.360. The third-order valence-electron chi connectivity index (χ3n) is 4.91. The van der Waals surface area contributed by atoms with E-state index in [1.807, 2.05) is 62.4 Å². The molecule has 0 unspecified atom stereocenters. The Morgan fingerprint density at radius 3 is 1.86 bits per heavy atom. The van der Waals surface area contributed by atoms with Crippen molar-refractivity contribution < 1.29 is 0 Å². The molecular weight excluding hydrogens is 350 g/mol. The van der Waals surface area contributed by atoms with Gasteiger partial charge in [0.05, 0.1) is 18.6 Å². The van der Waals surface area contributed by atoms with Crippen LogP contribution in [0.1, 0.15) is 22.3 Å². The van der Waals surface area contributed by atoms with Crippen molar-refractivity contribution in [2.75, 3.05) is 0 Å². The van der Waals surface area contributed by atoms with Crippen LogP contribution in [0.2, 0.25) is 0 Å². The molecule has 140 valence electrons. The van der Waals surface area contributed by atoms with E-state index in [-0.39, 0.29) is 17.8 Å². The fraction of sp³-hybridized carbons (Fsp3) is 0.174. The van der Waals surface area contributed by atoms with Crippen molar-refractivity contribution in [2.45, 2.75) is 26.9 Å². The van der Waals surface area contributed by atoms with Crippen molar-refractivity contribution in [3.8, 4) is 0 Å². The Hall–Kier alpha value is -3.47. The van der Waals surface area contributed by atoms with Crippen molar-refractivity contribution in [3.63, 3.8) is 0 Å². The van der Waals surface area contributed by atoms with Crippen molar-refractivity contribution in [2.24, 2.45) is 0 Å². The highest BCUT2D eigenvalue weighted by molar-refractivity contribution is 5.73. The Labute approximate surface area is 162 Å². The maximum atomic E-state index is 13.2. The number of nitrogens with zero attached hydrogens (tertiary/aromatic N) is 3. The second-order valence-electron chi connectivity index (χ2n) is 7.10. The summed E-state index contributed by atoms with van der Waals surface area (Å²) in [6, 6.07) is 19.4. The number of aryl methyl sites for hydroxylation is 2. The van der Waals surface area contributed by atoms with Gasteiger partial charge in [-0.1, -0.05) is 59.7 Å². The second-order valence-corrected chi connectivity index (χ2v) is 7.10. The summed E-state index contributed by atoms with van der Waals surface area (Å²) in [7, 11) is 0. The molecule has 0 amide bonds. The summed E-state index contributed by atoms with van der Waals surface area (Å²) in [5, 5.41) is 0. The van der Waals surface area contributed by atoms with Gasteiger partial charge >= 0.3 is 5.69 Å². The Kier molecular flexibility index (Phi) is 4.65. The predicted octanol–water partition coefficient (Wildman–Crippen LogP) is 3.27. The average Bonchev–Trinajstić information content (AvgIpc) is 2.71. The monoisotopic (exact) mass is 371 g/mol. The fourth-order valence-corrected chi connectivity index (χ4v) is 3.29. The molecule has 5 heteroatoms. The molecule has 2 aromatic heterocycles. The van der Waals surface area contributed by atoms with E-state index in [0.717, 1.165) is 22.3 Å². The van der Waals surface area contributed by atoms with Crippen molar-refractivity contribution in [1.82, 2.24) is 14.1 Å². The molecular formula is C23H21N3O2. The zero-order chi connectivity index (χ0) is 19.7. The van der Waals surface area contributed by atoms with Gasteiger partial charge in [0.15, 0.2) is 5.52 Å². The molecule has 2 aromatic carbocycles. The van der Waals surface area contributed by atoms with Crippen LogP contribution in [0.5, 0.6) is 0 Å². The van der Waals surface area contributed by atoms with Crippen molar-refractivity contribution in [3.05, 3.63) is 110 Å². The molecule has 0 N–H and O–H groups in total. The molecule has 0 aliphatic heterocycles. The van der Waals surface area contributed by atoms with Gasteiger partial charge in [-0.3, -0.25) is 13.9 Å². The summed E-state index contributed by atoms with van der Waals surface area (Å²) >= 11 is 0. The predicted molar refractivity (Wildman–Crippen MR) is 111 cm³/mol. The molecule has 4 aromatic rings. The smallest absolute Gasteiger partial charge is 0.287 e. The molecule has 0 aliphatic carbocycles. The standard InChI is InChI=1S/C23H21N3O2/c1-16-5-9-18(10-6-16)14-25-20-4-3-13-24-21(20)22(27)26(23(25)28)15-19-11-7-17(2)8-12-19/h3-13H,14-15H2,1-2H3. The first kappa shape index (κ1) is 17.9. The summed E-state index contributed by atoms with van der Waals surface area (Å²) in [6.45, 7) is 4.63. The lowest BCUT2D eigenvalue weighted by molar-refractivity contribution is 0.633. The summed E-state index contributed by atoms with van der Waals surface area (Å²) in [5.74, 6) is 0. The molecule has 5 nitrogen and oxygen atoms in total. The Balaban J connectivity index is 1.88. The van der Waals surface area contributed by atoms with Gasteiger partial charge in [-0.25, -0.2) is 9.78 Å². The van der Waals surface area contributed by atoms with E-state index in [4.69, 9.17) is 0 Å². The van der Waals surface area contributed by atoms with E-state index in [0.29, 0.717) is 17.6 Å². The Morgan fingerprint density at radius 1 is 0.750 bits per heavy atom. The average molecular weight is 371 g/mol. The molecule has 0 spiro atoms. The van der Waals surface area contributed by atoms with Crippen LogP contribution >= 0.6 is 0 Å². The van der Waals surface area contributed by atoms with Crippen LogP contribution in [-0.2, 0) is 13.1 Å². The molecule has 28 heavy (non-hydrogen) atoms. The summed E-state index contributed by atoms with van der Waals surface area (Å²) < 4.78 is 2.90. The summed E-state index contributed by atoms with van der Waals surface area (Å²) in [4.78, 5) is 30.5. The first-order valence-corrected chi connectivity index (χ1v) is 9.22. The highest BCUT2D eigenvalue weighted by Gasteiger charge is 2.14. The summed E-state index contributed by atoms with van der Waals surface area (Å²) in [5.41, 5.74) is 4.37. The Bertz CT molecular complexity index is 1250. The lowest BCUT2D eigenvalue weighted by Gasteiger charge is -2.14. The molecule has 0 bridgehead atoms. The van der Waals surface area contributed by atoms with Gasteiger partial charge in [0, 0.05) is 6.20 Å². The van der Waals surface area contributed by atoms with Crippen LogP contribution in [0, 0.1) is 13.8 Å². The van der Waals surface area contributed by atoms with Crippen molar-refractivity contribution in [1.29, 1.82) is 0 Å². The highest BCUT2D eigenvalue weighted by atomic mass is 16.2. The lowest BCUT2D eigenvalue weighted by atomic mass is 10.1. The van der Waals surface area contributed by atoms with E-state index in [9.17, 15) is 9.59 Å². The molecule has 2 heterocycles. The van der Waals surface area contributed by atoms with Gasteiger partial charge in [0.25, 0.3) is 5.56 Å². The topological polar surface area (TPSA) is 56.9 Å². The third-order valence-corrected chi connectivity index (χ3v) is 4.91. The van der Waals surface area contributed by atoms with E-state index >= 15 is 0 Å². The third kappa shape index (κ3) is 3.39. The maximum absolute atomic E-state index is 13.2. The zero-order valence-electron chi connectivity index (χ0n) is 15.9. The summed E-state index contributed by atoms with van der Waals surface area (Å²) in [6.07, 6.45) is 1.58. The normalized spacial score (nSPS) is 11.1. The number of aromatic nitrogens is 3. The largest absolute Gasteiger partial charge is 0.332 e. The first-order chi connectivity index (χ1) is 13.5. The molecule has 0 saturated carbocycles. The van der Waals surface area contributed by atoms with Gasteiger partial charge in [-0.15, -0.1) is 0 Å². The zero-order valence-corrected chi connectivity index (χ0v) is 15.9. The number of hydrogen-bond donors (Lipinski definition) is 0. The molecule has 4 rings (SSSR count). The van der Waals surface area contributed by atoms with Crippen LogP contribution in [0.15, 0.2) is 76.4 Å². The van der Waals surface area contributed by atoms with Gasteiger partial charge in [-0.05, 0) is 37.1 Å². The number of hydrogen-bond acceptors (Lipinski definition) is 3. The van der Waals surface area contributed by atoms with E-state index < -0.39 is 0 Å². The van der Waals surface area contributed by atoms with E-state index in [1.165, 1.54) is 4.57 Å². The van der Waals surface area contributed by atoms with Gasteiger partial charge in [0.1, 0.15) is 0 Å². The number of benzene rings is 2. The lowest BCUT2D eigenvalue weighted by Crippen LogP contribution is -2.40.